The van der Waals surface area contributed by atoms with E-state index < -0.39 is 0 Å². The van der Waals surface area contributed by atoms with Crippen molar-refractivity contribution in [1.82, 2.24) is 30.1 Å². The summed E-state index contributed by atoms with van der Waals surface area (Å²) in [5.74, 6) is 2.28. The summed E-state index contributed by atoms with van der Waals surface area (Å²) in [5.41, 5.74) is 0.856. The van der Waals surface area contributed by atoms with E-state index in [9.17, 15) is 0 Å². The lowest BCUT2D eigenvalue weighted by atomic mass is 10.1. The molecule has 1 fully saturated rings. The highest BCUT2D eigenvalue weighted by Gasteiger charge is 2.31. The van der Waals surface area contributed by atoms with Gasteiger partial charge in [0, 0.05) is 38.4 Å². The molecule has 2 N–H and O–H groups in total. The van der Waals surface area contributed by atoms with Crippen LogP contribution in [0.15, 0.2) is 29.4 Å². The molecule has 0 amide bonds. The van der Waals surface area contributed by atoms with Crippen LogP contribution >= 0.6 is 24.0 Å². The number of aliphatic imine (C=N–C) groups is 1. The van der Waals surface area contributed by atoms with Crippen molar-refractivity contribution in [2.75, 3.05) is 20.1 Å². The van der Waals surface area contributed by atoms with Gasteiger partial charge < -0.3 is 10.6 Å². The van der Waals surface area contributed by atoms with Crippen LogP contribution in [-0.4, -0.2) is 57.7 Å². The maximum atomic E-state index is 4.35. The third-order valence-corrected chi connectivity index (χ3v) is 4.71. The summed E-state index contributed by atoms with van der Waals surface area (Å²) in [5, 5.41) is 15.3. The van der Waals surface area contributed by atoms with Gasteiger partial charge in [-0.1, -0.05) is 13.0 Å². The first-order chi connectivity index (χ1) is 11.6. The third-order valence-electron chi connectivity index (χ3n) is 4.71. The molecule has 7 nitrogen and oxygen atoms in total. The van der Waals surface area contributed by atoms with E-state index in [1.165, 1.54) is 0 Å². The number of hydrogen-bond donors (Lipinski definition) is 2. The highest BCUT2D eigenvalue weighted by atomic mass is 127. The molecule has 2 aromatic heterocycles. The number of hydrogen-bond acceptors (Lipinski definition) is 4. The number of aromatic nitrogens is 3. The Morgan fingerprint density at radius 1 is 1.32 bits per heavy atom. The van der Waals surface area contributed by atoms with Gasteiger partial charge in [0.05, 0.1) is 6.54 Å². The van der Waals surface area contributed by atoms with E-state index in [0.29, 0.717) is 24.5 Å². The number of likely N-dealkylation sites (tertiary alicyclic amines) is 1. The molecule has 2 aromatic rings. The van der Waals surface area contributed by atoms with Crippen molar-refractivity contribution in [3.05, 3.63) is 30.2 Å². The summed E-state index contributed by atoms with van der Waals surface area (Å²) >= 11 is 0. The van der Waals surface area contributed by atoms with Crippen LogP contribution in [-0.2, 0) is 6.54 Å². The first-order valence-corrected chi connectivity index (χ1v) is 8.58. The Bertz CT molecular complexity index is 712. The van der Waals surface area contributed by atoms with Gasteiger partial charge in [0.2, 0.25) is 0 Å². The first kappa shape index (κ1) is 19.9. The molecule has 3 heterocycles. The van der Waals surface area contributed by atoms with Gasteiger partial charge in [-0.15, -0.1) is 34.2 Å². The van der Waals surface area contributed by atoms with Gasteiger partial charge in [-0.2, -0.15) is 0 Å². The van der Waals surface area contributed by atoms with Crippen molar-refractivity contribution < 1.29 is 0 Å². The minimum atomic E-state index is 0. The van der Waals surface area contributed by atoms with Gasteiger partial charge in [0.25, 0.3) is 0 Å². The quantitative estimate of drug-likeness (QED) is 0.416. The molecule has 0 aromatic carbocycles. The highest BCUT2D eigenvalue weighted by molar-refractivity contribution is 14.0. The van der Waals surface area contributed by atoms with Gasteiger partial charge in [0.15, 0.2) is 17.4 Å². The second-order valence-electron chi connectivity index (χ2n) is 6.75. The molecule has 25 heavy (non-hydrogen) atoms. The molecule has 0 bridgehead atoms. The van der Waals surface area contributed by atoms with Crippen molar-refractivity contribution >= 4 is 35.6 Å². The molecule has 0 spiro atoms. The van der Waals surface area contributed by atoms with Crippen molar-refractivity contribution in [2.24, 2.45) is 10.9 Å². The fourth-order valence-electron chi connectivity index (χ4n) is 3.16. The Balaban J connectivity index is 0.00000225. The fraction of sp³-hybridized carbons (Fsp3) is 0.588. The minimum absolute atomic E-state index is 0. The van der Waals surface area contributed by atoms with Crippen LogP contribution in [0.1, 0.15) is 26.6 Å². The van der Waals surface area contributed by atoms with E-state index in [-0.39, 0.29) is 24.0 Å². The van der Waals surface area contributed by atoms with Gasteiger partial charge in [-0.3, -0.25) is 14.3 Å². The van der Waals surface area contributed by atoms with Gasteiger partial charge in [-0.25, -0.2) is 0 Å². The number of guanidine groups is 1. The molecule has 3 rings (SSSR count). The van der Waals surface area contributed by atoms with Crippen LogP contribution < -0.4 is 10.6 Å². The Labute approximate surface area is 166 Å². The maximum absolute atomic E-state index is 4.35. The normalized spacial score (nSPS) is 21.6. The number of nitrogens with zero attached hydrogens (tertiary/aromatic N) is 5. The summed E-state index contributed by atoms with van der Waals surface area (Å²) < 4.78 is 1.99. The summed E-state index contributed by atoms with van der Waals surface area (Å²) in [4.78, 5) is 6.86. The second kappa shape index (κ2) is 8.79. The zero-order chi connectivity index (χ0) is 17.1. The molecule has 138 valence electrons. The van der Waals surface area contributed by atoms with Crippen LogP contribution in [0.4, 0.5) is 0 Å². The van der Waals surface area contributed by atoms with E-state index in [0.717, 1.165) is 30.5 Å². The summed E-state index contributed by atoms with van der Waals surface area (Å²) in [6.45, 7) is 9.55. The third kappa shape index (κ3) is 4.60. The van der Waals surface area contributed by atoms with Crippen LogP contribution in [0, 0.1) is 5.92 Å². The lowest BCUT2D eigenvalue weighted by molar-refractivity contribution is 0.265. The molecule has 2 unspecified atom stereocenters. The average molecular weight is 457 g/mol. The number of pyridine rings is 1. The standard InChI is InChI=1S/C17H27N7.HI/c1-12(2)23-10-13(3)14(11-23)20-17(18-4)19-9-16-22-21-15-7-5-6-8-24(15)16;/h5-8,12-14H,9-11H2,1-4H3,(H2,18,19,20);1H. The molecule has 1 aliphatic rings. The summed E-state index contributed by atoms with van der Waals surface area (Å²) in [6, 6.07) is 6.88. The molecule has 0 saturated carbocycles. The van der Waals surface area contributed by atoms with E-state index >= 15 is 0 Å². The molecule has 8 heteroatoms. The van der Waals surface area contributed by atoms with Crippen molar-refractivity contribution in [1.29, 1.82) is 0 Å². The van der Waals surface area contributed by atoms with E-state index in [1.807, 2.05) is 28.8 Å². The SMILES string of the molecule is CN=C(NCc1nnc2ccccn12)NC1CN(C(C)C)CC1C.I. The van der Waals surface area contributed by atoms with Crippen molar-refractivity contribution in [3.63, 3.8) is 0 Å². The Morgan fingerprint density at radius 2 is 2.12 bits per heavy atom. The van der Waals surface area contributed by atoms with Crippen LogP contribution in [0.25, 0.3) is 5.65 Å². The monoisotopic (exact) mass is 457 g/mol. The van der Waals surface area contributed by atoms with E-state index in [1.54, 1.807) is 7.05 Å². The van der Waals surface area contributed by atoms with E-state index in [2.05, 4.69) is 51.5 Å². The average Bonchev–Trinajstić information content (AvgIpc) is 3.15. The highest BCUT2D eigenvalue weighted by Crippen LogP contribution is 2.18. The Kier molecular flexibility index (Phi) is 7.00. The zero-order valence-corrected chi connectivity index (χ0v) is 17.6. The predicted molar refractivity (Wildman–Crippen MR) is 111 cm³/mol. The van der Waals surface area contributed by atoms with Gasteiger partial charge in [0.1, 0.15) is 0 Å². The largest absolute Gasteiger partial charge is 0.352 e. The van der Waals surface area contributed by atoms with Crippen molar-refractivity contribution in [3.8, 4) is 0 Å². The summed E-state index contributed by atoms with van der Waals surface area (Å²) in [6.07, 6.45) is 1.97. The minimum Gasteiger partial charge on any atom is -0.352 e. The lowest BCUT2D eigenvalue weighted by Gasteiger charge is -2.21. The molecular formula is C17H28IN7. The van der Waals surface area contributed by atoms with Crippen molar-refractivity contribution in [2.45, 2.75) is 39.4 Å². The molecule has 2 atom stereocenters. The van der Waals surface area contributed by atoms with Gasteiger partial charge in [-0.05, 0) is 31.9 Å². The number of rotatable bonds is 4. The molecule has 1 aliphatic heterocycles. The molecule has 1 saturated heterocycles. The van der Waals surface area contributed by atoms with Crippen LogP contribution in [0.5, 0.6) is 0 Å². The Morgan fingerprint density at radius 3 is 2.80 bits per heavy atom. The predicted octanol–water partition coefficient (Wildman–Crippen LogP) is 1.74. The molecule has 0 radical (unpaired) electrons. The molecular weight excluding hydrogens is 429 g/mol. The Hall–Kier alpha value is -1.42. The number of nitrogens with one attached hydrogen (secondary N) is 2. The lowest BCUT2D eigenvalue weighted by Crippen LogP contribution is -2.46. The topological polar surface area (TPSA) is 69.8 Å². The number of halogens is 1. The van der Waals surface area contributed by atoms with Gasteiger partial charge >= 0.3 is 0 Å². The second-order valence-corrected chi connectivity index (χ2v) is 6.75. The smallest absolute Gasteiger partial charge is 0.191 e. The number of fused-ring (bicyclic) bond motifs is 1. The van der Waals surface area contributed by atoms with E-state index in [4.69, 9.17) is 0 Å². The first-order valence-electron chi connectivity index (χ1n) is 8.58. The summed E-state index contributed by atoms with van der Waals surface area (Å²) in [7, 11) is 1.80. The van der Waals surface area contributed by atoms with Crippen LogP contribution in [0.2, 0.25) is 0 Å². The fourth-order valence-corrected chi connectivity index (χ4v) is 3.16. The maximum Gasteiger partial charge on any atom is 0.191 e. The van der Waals surface area contributed by atoms with Crippen LogP contribution in [0.3, 0.4) is 0 Å². The molecule has 0 aliphatic carbocycles. The zero-order valence-electron chi connectivity index (χ0n) is 15.3.